The molecule has 0 bridgehead atoms. The molecule has 1 atom stereocenters. The lowest BCUT2D eigenvalue weighted by Crippen LogP contribution is -2.42. The number of fused-ring (bicyclic) bond motifs is 1. The fourth-order valence-corrected chi connectivity index (χ4v) is 5.08. The Bertz CT molecular complexity index is 1490. The lowest BCUT2D eigenvalue weighted by molar-refractivity contribution is -0.132. The van der Waals surface area contributed by atoms with E-state index in [0.717, 1.165) is 18.4 Å². The first-order chi connectivity index (χ1) is 17.8. The van der Waals surface area contributed by atoms with Gasteiger partial charge in [-0.15, -0.1) is 0 Å². The van der Waals surface area contributed by atoms with E-state index in [1.54, 1.807) is 18.2 Å². The average molecular weight is 556 g/mol. The highest BCUT2D eigenvalue weighted by molar-refractivity contribution is 7.90. The van der Waals surface area contributed by atoms with Crippen LogP contribution in [0.5, 0.6) is 0 Å². The Morgan fingerprint density at radius 3 is 2.47 bits per heavy atom. The summed E-state index contributed by atoms with van der Waals surface area (Å²) < 4.78 is 81.6. The van der Waals surface area contributed by atoms with E-state index in [4.69, 9.17) is 11.5 Å². The number of hydrogen-bond donors (Lipinski definition) is 2. The zero-order valence-electron chi connectivity index (χ0n) is 20.4. The summed E-state index contributed by atoms with van der Waals surface area (Å²) in [5.74, 6) is -1.78. The monoisotopic (exact) mass is 555 g/mol. The summed E-state index contributed by atoms with van der Waals surface area (Å²) in [7, 11) is -2.13. The molecule has 0 aromatic carbocycles. The van der Waals surface area contributed by atoms with Crippen LogP contribution in [0.25, 0.3) is 22.6 Å². The van der Waals surface area contributed by atoms with Gasteiger partial charge in [0.15, 0.2) is 23.1 Å². The smallest absolute Gasteiger partial charge is 0.382 e. The van der Waals surface area contributed by atoms with Gasteiger partial charge in [-0.05, 0) is 24.6 Å². The molecular formula is C22H25F4N9O2S. The molecule has 3 aromatic rings. The molecule has 0 saturated carbocycles. The largest absolute Gasteiger partial charge is 0.390 e. The highest BCUT2D eigenvalue weighted by Gasteiger charge is 2.35. The molecule has 0 amide bonds. The number of nitrogens with two attached hydrogens (primary N) is 2. The van der Waals surface area contributed by atoms with E-state index in [2.05, 4.69) is 20.1 Å². The molecule has 16 heteroatoms. The number of hydrogen-bond acceptors (Lipinski definition) is 8. The fraction of sp³-hybridized carbons (Fsp3) is 0.364. The van der Waals surface area contributed by atoms with Gasteiger partial charge < -0.3 is 11.5 Å². The van der Waals surface area contributed by atoms with Gasteiger partial charge in [0.05, 0.1) is 18.4 Å². The number of nitrogen functional groups attached to an aromatic ring is 2. The van der Waals surface area contributed by atoms with Gasteiger partial charge in [-0.3, -0.25) is 0 Å². The van der Waals surface area contributed by atoms with Crippen molar-refractivity contribution in [3.05, 3.63) is 42.4 Å². The Morgan fingerprint density at radius 2 is 1.87 bits per heavy atom. The zero-order valence-corrected chi connectivity index (χ0v) is 21.2. The van der Waals surface area contributed by atoms with E-state index in [1.807, 2.05) is 6.08 Å². The van der Waals surface area contributed by atoms with Crippen LogP contribution in [0.15, 0.2) is 42.4 Å². The molecule has 4 rings (SSSR count). The van der Waals surface area contributed by atoms with Crippen molar-refractivity contribution in [1.29, 1.82) is 0 Å². The molecule has 11 nitrogen and oxygen atoms in total. The lowest BCUT2D eigenvalue weighted by Gasteiger charge is -2.28. The second kappa shape index (κ2) is 10.2. The van der Waals surface area contributed by atoms with Crippen molar-refractivity contribution in [3.63, 3.8) is 0 Å². The molecule has 0 aliphatic heterocycles. The van der Waals surface area contributed by atoms with Crippen LogP contribution in [0, 0.1) is 5.92 Å². The van der Waals surface area contributed by atoms with Gasteiger partial charge in [-0.1, -0.05) is 12.2 Å². The molecule has 38 heavy (non-hydrogen) atoms. The van der Waals surface area contributed by atoms with E-state index >= 15 is 0 Å². The number of nitrogens with zero attached hydrogens (tertiary/aromatic N) is 7. The van der Waals surface area contributed by atoms with Gasteiger partial charge in [0, 0.05) is 32.8 Å². The number of pyridine rings is 1. The van der Waals surface area contributed by atoms with Crippen LogP contribution in [-0.2, 0) is 16.8 Å². The van der Waals surface area contributed by atoms with Crippen LogP contribution in [-0.4, -0.2) is 64.3 Å². The molecule has 1 aliphatic rings. The maximum Gasteiger partial charge on any atom is 0.390 e. The quantitative estimate of drug-likeness (QED) is 0.403. The second-order valence-corrected chi connectivity index (χ2v) is 10.8. The van der Waals surface area contributed by atoms with Crippen LogP contribution in [0.3, 0.4) is 0 Å². The summed E-state index contributed by atoms with van der Waals surface area (Å²) in [5.41, 5.74) is 12.2. The maximum atomic E-state index is 14.3. The molecule has 0 fully saturated rings. The zero-order chi connectivity index (χ0) is 27.8. The van der Waals surface area contributed by atoms with Crippen molar-refractivity contribution in [3.8, 4) is 11.5 Å². The molecule has 4 N–H and O–H groups in total. The summed E-state index contributed by atoms with van der Waals surface area (Å²) in [6.07, 6.45) is 0.744. The van der Waals surface area contributed by atoms with Gasteiger partial charge in [-0.2, -0.15) is 31.0 Å². The summed E-state index contributed by atoms with van der Waals surface area (Å²) in [5, 5.41) is 4.99. The van der Waals surface area contributed by atoms with Crippen molar-refractivity contribution in [1.82, 2.24) is 29.0 Å². The molecule has 3 aromatic heterocycles. The normalized spacial score (nSPS) is 16.3. The van der Waals surface area contributed by atoms with Gasteiger partial charge in [0.1, 0.15) is 17.2 Å². The number of anilines is 3. The van der Waals surface area contributed by atoms with Crippen LogP contribution in [0.1, 0.15) is 12.8 Å². The Hall–Kier alpha value is -3.79. The topological polar surface area (TPSA) is 149 Å². The lowest BCUT2D eigenvalue weighted by atomic mass is 10.00. The third-order valence-electron chi connectivity index (χ3n) is 5.84. The number of alkyl halides is 3. The molecule has 204 valence electrons. The van der Waals surface area contributed by atoms with Gasteiger partial charge in [0.2, 0.25) is 0 Å². The van der Waals surface area contributed by atoms with Crippen LogP contribution in [0.4, 0.5) is 34.9 Å². The maximum absolute atomic E-state index is 14.3. The number of aromatic nitrogens is 5. The first-order valence-electron chi connectivity index (χ1n) is 11.3. The van der Waals surface area contributed by atoms with Crippen molar-refractivity contribution >= 4 is 38.6 Å². The van der Waals surface area contributed by atoms with Crippen LogP contribution < -0.4 is 15.8 Å². The Balaban J connectivity index is 1.79. The highest BCUT2D eigenvalue weighted by atomic mass is 32.2. The second-order valence-electron chi connectivity index (χ2n) is 8.71. The minimum atomic E-state index is -4.65. The minimum absolute atomic E-state index is 0.0990. The summed E-state index contributed by atoms with van der Waals surface area (Å²) in [4.78, 5) is 12.6. The third kappa shape index (κ3) is 5.40. The van der Waals surface area contributed by atoms with Gasteiger partial charge in [0.25, 0.3) is 0 Å². The third-order valence-corrected chi connectivity index (χ3v) is 7.68. The SMILES string of the molecule is CN(C)S(=O)(=O)N(CCC(F)(F)F)c1c(N)nc(-c2nn(CC3CC=CC=C3F)c3ncccc23)nc1N. The van der Waals surface area contributed by atoms with Crippen LogP contribution in [0.2, 0.25) is 0 Å². The van der Waals surface area contributed by atoms with E-state index in [9.17, 15) is 26.0 Å². The fourth-order valence-electron chi connectivity index (χ4n) is 3.94. The summed E-state index contributed by atoms with van der Waals surface area (Å²) >= 11 is 0. The Kier molecular flexibility index (Phi) is 7.29. The molecule has 0 saturated heterocycles. The first-order valence-corrected chi connectivity index (χ1v) is 12.7. The Morgan fingerprint density at radius 1 is 1.18 bits per heavy atom. The molecule has 1 aliphatic carbocycles. The van der Waals surface area contributed by atoms with Gasteiger partial charge >= 0.3 is 16.4 Å². The first kappa shape index (κ1) is 27.3. The predicted octanol–water partition coefficient (Wildman–Crippen LogP) is 3.05. The van der Waals surface area contributed by atoms with Crippen LogP contribution >= 0.6 is 0 Å². The molecule has 0 spiro atoms. The van der Waals surface area contributed by atoms with Crippen molar-refractivity contribution in [2.75, 3.05) is 36.4 Å². The van der Waals surface area contributed by atoms with Crippen molar-refractivity contribution < 1.29 is 26.0 Å². The molecule has 3 heterocycles. The number of halogens is 4. The minimum Gasteiger partial charge on any atom is -0.382 e. The Labute approximate surface area is 215 Å². The highest BCUT2D eigenvalue weighted by Crippen LogP contribution is 2.35. The van der Waals surface area contributed by atoms with Crippen molar-refractivity contribution in [2.45, 2.75) is 25.6 Å². The van der Waals surface area contributed by atoms with E-state index in [-0.39, 0.29) is 23.9 Å². The molecular weight excluding hydrogens is 530 g/mol. The van der Waals surface area contributed by atoms with E-state index in [0.29, 0.717) is 21.8 Å². The molecule has 1 unspecified atom stereocenters. The average Bonchev–Trinajstić information content (AvgIpc) is 3.19. The summed E-state index contributed by atoms with van der Waals surface area (Å²) in [6.45, 7) is -0.826. The van der Waals surface area contributed by atoms with E-state index in [1.165, 1.54) is 17.0 Å². The molecule has 0 radical (unpaired) electrons. The number of allylic oxidation sites excluding steroid dienone is 4. The van der Waals surface area contributed by atoms with Crippen molar-refractivity contribution in [2.24, 2.45) is 5.92 Å². The predicted molar refractivity (Wildman–Crippen MR) is 134 cm³/mol. The van der Waals surface area contributed by atoms with Gasteiger partial charge in [-0.25, -0.2) is 28.3 Å². The standard InChI is InChI=1S/C22H25F4N9O2S/c1-33(2)38(36,37)35(11-9-22(24,25)26)17-18(27)30-20(31-19(17)28)16-14-7-5-10-29-21(14)34(32-16)12-13-6-3-4-8-15(13)23/h3-5,7-8,10,13H,6,9,11-12H2,1-2H3,(H4,27,28,30,31). The summed E-state index contributed by atoms with van der Waals surface area (Å²) in [6, 6.07) is 3.33. The van der Waals surface area contributed by atoms with E-state index < -0.39 is 52.6 Å². The number of rotatable bonds is 8.